The molecule has 2 rings (SSSR count). The normalized spacial score (nSPS) is 10.4. The molecule has 0 amide bonds. The van der Waals surface area contributed by atoms with E-state index >= 15 is 0 Å². The number of nitrogens with one attached hydrogen (secondary N) is 1. The second kappa shape index (κ2) is 3.46. The van der Waals surface area contributed by atoms with E-state index in [-0.39, 0.29) is 5.56 Å². The van der Waals surface area contributed by atoms with Crippen molar-refractivity contribution in [3.8, 4) is 11.3 Å². The monoisotopic (exact) mass is 253 g/mol. The number of rotatable bonds is 1. The highest BCUT2D eigenvalue weighted by Gasteiger charge is 2.12. The van der Waals surface area contributed by atoms with Crippen LogP contribution < -0.4 is 5.56 Å². The van der Waals surface area contributed by atoms with Crippen molar-refractivity contribution < 1.29 is 4.52 Å². The summed E-state index contributed by atoms with van der Waals surface area (Å²) in [7, 11) is 0. The van der Waals surface area contributed by atoms with E-state index in [1.807, 2.05) is 24.3 Å². The summed E-state index contributed by atoms with van der Waals surface area (Å²) in [6, 6.07) is 7.60. The summed E-state index contributed by atoms with van der Waals surface area (Å²) in [4.78, 5) is 11.2. The van der Waals surface area contributed by atoms with Crippen LogP contribution >= 0.6 is 15.9 Å². The summed E-state index contributed by atoms with van der Waals surface area (Å²) >= 11 is 3.40. The van der Waals surface area contributed by atoms with Gasteiger partial charge >= 0.3 is 0 Å². The van der Waals surface area contributed by atoms with Gasteiger partial charge in [0.2, 0.25) is 0 Å². The van der Waals surface area contributed by atoms with Crippen molar-refractivity contribution in [1.82, 2.24) is 5.16 Å². The Balaban J connectivity index is 2.66. The van der Waals surface area contributed by atoms with Crippen LogP contribution in [0.25, 0.3) is 11.3 Å². The third-order valence-corrected chi connectivity index (χ3v) is 2.74. The molecule has 2 aromatic rings. The van der Waals surface area contributed by atoms with E-state index in [4.69, 9.17) is 4.52 Å². The molecular formula is C10H8BrNO2. The molecule has 0 saturated carbocycles. The van der Waals surface area contributed by atoms with Crippen molar-refractivity contribution in [2.45, 2.75) is 6.92 Å². The Labute approximate surface area is 88.8 Å². The zero-order chi connectivity index (χ0) is 10.1. The molecule has 4 heteroatoms. The molecule has 1 aromatic carbocycles. The van der Waals surface area contributed by atoms with Crippen LogP contribution in [-0.2, 0) is 0 Å². The minimum Gasteiger partial charge on any atom is -0.378 e. The van der Waals surface area contributed by atoms with E-state index in [0.29, 0.717) is 11.3 Å². The van der Waals surface area contributed by atoms with Crippen molar-refractivity contribution in [2.24, 2.45) is 0 Å². The maximum atomic E-state index is 11.2. The largest absolute Gasteiger partial charge is 0.378 e. The summed E-state index contributed by atoms with van der Waals surface area (Å²) in [5.74, 6) is 0.586. The second-order valence-corrected chi connectivity index (χ2v) is 3.82. The average molecular weight is 254 g/mol. The Hall–Kier alpha value is -1.29. The van der Waals surface area contributed by atoms with E-state index in [1.165, 1.54) is 0 Å². The Kier molecular flexibility index (Phi) is 2.29. The topological polar surface area (TPSA) is 46.0 Å². The van der Waals surface area contributed by atoms with Crippen LogP contribution in [0.15, 0.2) is 38.1 Å². The maximum absolute atomic E-state index is 11.2. The molecule has 0 aliphatic rings. The highest BCUT2D eigenvalue weighted by atomic mass is 79.9. The zero-order valence-corrected chi connectivity index (χ0v) is 9.09. The standard InChI is InChI=1S/C10H8BrNO2/c1-6-9(14-12-10(6)13)7-4-2-3-5-8(7)11/h2-5H,1H3,(H,12,13). The first kappa shape index (κ1) is 9.27. The number of hydrogen-bond donors (Lipinski definition) is 1. The number of aromatic nitrogens is 1. The van der Waals surface area contributed by atoms with Crippen LogP contribution in [-0.4, -0.2) is 5.16 Å². The SMILES string of the molecule is Cc1c(-c2ccccc2Br)o[nH]c1=O. The molecule has 1 N–H and O–H groups in total. The van der Waals surface area contributed by atoms with Gasteiger partial charge in [0, 0.05) is 10.0 Å². The molecule has 0 radical (unpaired) electrons. The van der Waals surface area contributed by atoms with Crippen LogP contribution in [0, 0.1) is 6.92 Å². The fourth-order valence-electron chi connectivity index (χ4n) is 1.26. The molecule has 0 spiro atoms. The number of halogens is 1. The Morgan fingerprint density at radius 2 is 2.07 bits per heavy atom. The molecule has 0 fully saturated rings. The van der Waals surface area contributed by atoms with Gasteiger partial charge in [0.15, 0.2) is 5.76 Å². The van der Waals surface area contributed by atoms with E-state index in [9.17, 15) is 4.79 Å². The van der Waals surface area contributed by atoms with Gasteiger partial charge in [-0.25, -0.2) is 0 Å². The van der Waals surface area contributed by atoms with Crippen molar-refractivity contribution in [2.75, 3.05) is 0 Å². The molecule has 0 atom stereocenters. The molecule has 0 bridgehead atoms. The summed E-state index contributed by atoms with van der Waals surface area (Å²) in [6.07, 6.45) is 0. The van der Waals surface area contributed by atoms with Crippen LogP contribution in [0.5, 0.6) is 0 Å². The summed E-state index contributed by atoms with van der Waals surface area (Å²) < 4.78 is 6.00. The highest BCUT2D eigenvalue weighted by Crippen LogP contribution is 2.28. The van der Waals surface area contributed by atoms with Crippen molar-refractivity contribution in [3.63, 3.8) is 0 Å². The van der Waals surface area contributed by atoms with Gasteiger partial charge in [0.25, 0.3) is 5.56 Å². The number of aromatic amines is 1. The van der Waals surface area contributed by atoms with Crippen molar-refractivity contribution in [3.05, 3.63) is 44.7 Å². The molecule has 0 aliphatic carbocycles. The fraction of sp³-hybridized carbons (Fsp3) is 0.100. The quantitative estimate of drug-likeness (QED) is 0.850. The van der Waals surface area contributed by atoms with E-state index in [2.05, 4.69) is 21.1 Å². The number of benzene rings is 1. The third-order valence-electron chi connectivity index (χ3n) is 2.05. The molecule has 1 aromatic heterocycles. The molecule has 3 nitrogen and oxygen atoms in total. The third kappa shape index (κ3) is 1.42. The van der Waals surface area contributed by atoms with Gasteiger partial charge in [0.1, 0.15) is 0 Å². The lowest BCUT2D eigenvalue weighted by Crippen LogP contribution is -2.00. The van der Waals surface area contributed by atoms with Crippen LogP contribution in [0.2, 0.25) is 0 Å². The number of hydrogen-bond acceptors (Lipinski definition) is 2. The lowest BCUT2D eigenvalue weighted by atomic mass is 10.1. The van der Waals surface area contributed by atoms with Gasteiger partial charge in [-0.2, -0.15) is 5.16 Å². The molecule has 14 heavy (non-hydrogen) atoms. The maximum Gasteiger partial charge on any atom is 0.283 e. The second-order valence-electron chi connectivity index (χ2n) is 2.97. The summed E-state index contributed by atoms with van der Waals surface area (Å²) in [5.41, 5.74) is 1.29. The first-order valence-corrected chi connectivity index (χ1v) is 4.92. The van der Waals surface area contributed by atoms with E-state index < -0.39 is 0 Å². The van der Waals surface area contributed by atoms with Crippen LogP contribution in [0.4, 0.5) is 0 Å². The van der Waals surface area contributed by atoms with Crippen LogP contribution in [0.1, 0.15) is 5.56 Å². The molecule has 1 heterocycles. The Morgan fingerprint density at radius 3 is 2.64 bits per heavy atom. The fourth-order valence-corrected chi connectivity index (χ4v) is 1.72. The smallest absolute Gasteiger partial charge is 0.283 e. The lowest BCUT2D eigenvalue weighted by molar-refractivity contribution is 0.425. The zero-order valence-electron chi connectivity index (χ0n) is 7.50. The van der Waals surface area contributed by atoms with E-state index in [1.54, 1.807) is 6.92 Å². The number of H-pyrrole nitrogens is 1. The first-order valence-electron chi connectivity index (χ1n) is 4.13. The highest BCUT2D eigenvalue weighted by molar-refractivity contribution is 9.10. The molecule has 0 aliphatic heterocycles. The van der Waals surface area contributed by atoms with Gasteiger partial charge in [0.05, 0.1) is 5.56 Å². The van der Waals surface area contributed by atoms with Crippen molar-refractivity contribution >= 4 is 15.9 Å². The predicted octanol–water partition coefficient (Wildman–Crippen LogP) is 2.71. The Bertz CT molecular complexity index is 513. The molecule has 0 unspecified atom stereocenters. The summed E-state index contributed by atoms with van der Waals surface area (Å²) in [5, 5.41) is 2.31. The molecular weight excluding hydrogens is 246 g/mol. The Morgan fingerprint density at radius 1 is 1.36 bits per heavy atom. The predicted molar refractivity (Wildman–Crippen MR) is 57.2 cm³/mol. The molecule has 72 valence electrons. The van der Waals surface area contributed by atoms with Crippen molar-refractivity contribution in [1.29, 1.82) is 0 Å². The van der Waals surface area contributed by atoms with Gasteiger partial charge in [-0.3, -0.25) is 4.79 Å². The first-order chi connectivity index (χ1) is 6.70. The van der Waals surface area contributed by atoms with Crippen LogP contribution in [0.3, 0.4) is 0 Å². The van der Waals surface area contributed by atoms with E-state index in [0.717, 1.165) is 10.0 Å². The minimum atomic E-state index is -0.184. The lowest BCUT2D eigenvalue weighted by Gasteiger charge is -1.99. The van der Waals surface area contributed by atoms with Gasteiger partial charge in [-0.05, 0) is 19.1 Å². The van der Waals surface area contributed by atoms with Gasteiger partial charge in [-0.15, -0.1) is 0 Å². The summed E-state index contributed by atoms with van der Waals surface area (Å²) in [6.45, 7) is 1.73. The average Bonchev–Trinajstić information content (AvgIpc) is 2.49. The molecule has 0 saturated heterocycles. The van der Waals surface area contributed by atoms with Gasteiger partial charge in [-0.1, -0.05) is 28.1 Å². The minimum absolute atomic E-state index is 0.184. The van der Waals surface area contributed by atoms with Gasteiger partial charge < -0.3 is 4.52 Å².